The molecule has 1 saturated heterocycles. The molecular formula is C18H20N6O11S2. The van der Waals surface area contributed by atoms with Gasteiger partial charge in [0.2, 0.25) is 0 Å². The number of carboxylic acids is 2. The number of carboxylic acid groups (broad SMARTS) is 2. The normalized spacial score (nSPS) is 20.2. The van der Waals surface area contributed by atoms with Crippen LogP contribution in [0.2, 0.25) is 0 Å². The number of primary amides is 1. The van der Waals surface area contributed by atoms with Crippen LogP contribution in [0.4, 0.5) is 14.7 Å². The van der Waals surface area contributed by atoms with Crippen LogP contribution in [0, 0.1) is 0 Å². The molecule has 4 atom stereocenters. The summed E-state index contributed by atoms with van der Waals surface area (Å²) < 4.78 is 9.26. The van der Waals surface area contributed by atoms with Crippen molar-refractivity contribution in [2.75, 3.05) is 24.3 Å². The number of carbonyl (C=O) groups is 6. The van der Waals surface area contributed by atoms with E-state index >= 15 is 0 Å². The molecule has 3 heterocycles. The molecule has 2 aliphatic rings. The zero-order valence-electron chi connectivity index (χ0n) is 18.5. The predicted octanol–water partition coefficient (Wildman–Crippen LogP) is -2.03. The number of thiazole rings is 1. The molecule has 0 aromatic carbocycles. The zero-order valence-corrected chi connectivity index (χ0v) is 20.1. The van der Waals surface area contributed by atoms with Gasteiger partial charge in [-0.3, -0.25) is 24.6 Å². The lowest BCUT2D eigenvalue weighted by Crippen LogP contribution is -2.71. The van der Waals surface area contributed by atoms with E-state index in [0.29, 0.717) is 0 Å². The standard InChI is InChI=1S/C18H20N6O11S2/c19-6(14(28)29)2-35-18(33)23-17-21-7(4-37-17)10(25)11(26)22-8-12(27)24-9(15(30)31)5(1-34-16(20)32)3-36-13(8)24/h4,6,8,10,13,25H,1-3,19H2,(H2,20,32)(H,22,26)(H,28,29)(H,30,31)(H,21,23,33)/t6-,8-,10?,13-/m1/s1. The van der Waals surface area contributed by atoms with Crippen molar-refractivity contribution in [1.82, 2.24) is 15.2 Å². The Labute approximate surface area is 214 Å². The van der Waals surface area contributed by atoms with Crippen LogP contribution in [0.1, 0.15) is 11.8 Å². The Morgan fingerprint density at radius 3 is 2.57 bits per heavy atom. The van der Waals surface area contributed by atoms with Crippen molar-refractivity contribution < 1.29 is 53.6 Å². The van der Waals surface area contributed by atoms with E-state index in [-0.39, 0.29) is 27.8 Å². The first-order chi connectivity index (χ1) is 17.4. The number of aliphatic hydroxyl groups is 1. The van der Waals surface area contributed by atoms with E-state index in [2.05, 4.69) is 25.1 Å². The number of fused-ring (bicyclic) bond motifs is 1. The number of rotatable bonds is 10. The molecular weight excluding hydrogens is 540 g/mol. The summed E-state index contributed by atoms with van der Waals surface area (Å²) in [6.45, 7) is -1.02. The maximum Gasteiger partial charge on any atom is 0.413 e. The largest absolute Gasteiger partial charge is 0.480 e. The van der Waals surface area contributed by atoms with Gasteiger partial charge >= 0.3 is 24.1 Å². The number of nitrogens with zero attached hydrogens (tertiary/aromatic N) is 2. The number of aromatic nitrogens is 1. The minimum Gasteiger partial charge on any atom is -0.480 e. The summed E-state index contributed by atoms with van der Waals surface area (Å²) in [4.78, 5) is 74.9. The lowest BCUT2D eigenvalue weighted by molar-refractivity contribution is -0.151. The Morgan fingerprint density at radius 2 is 1.95 bits per heavy atom. The quantitative estimate of drug-likeness (QED) is 0.152. The Balaban J connectivity index is 1.58. The smallest absolute Gasteiger partial charge is 0.413 e. The third-order valence-corrected chi connectivity index (χ3v) is 7.02. The molecule has 17 nitrogen and oxygen atoms in total. The SMILES string of the molecule is NC(=O)OCC1=C(C(=O)O)N2C(=O)[C@@H](NC(=O)C(O)c3csc(NC(=O)OC[C@@H](N)C(=O)O)n3)[C@H]2SC1. The summed E-state index contributed by atoms with van der Waals surface area (Å²) in [5.41, 5.74) is 9.72. The highest BCUT2D eigenvalue weighted by molar-refractivity contribution is 8.00. The molecule has 37 heavy (non-hydrogen) atoms. The number of carbonyl (C=O) groups excluding carboxylic acids is 4. The molecule has 1 unspecified atom stereocenters. The van der Waals surface area contributed by atoms with Gasteiger partial charge < -0.3 is 41.6 Å². The number of nitrogens with two attached hydrogens (primary N) is 2. The van der Waals surface area contributed by atoms with Crippen LogP contribution in [0.3, 0.4) is 0 Å². The Morgan fingerprint density at radius 1 is 1.24 bits per heavy atom. The zero-order chi connectivity index (χ0) is 27.4. The second kappa shape index (κ2) is 11.4. The van der Waals surface area contributed by atoms with Gasteiger partial charge in [0.25, 0.3) is 11.8 Å². The van der Waals surface area contributed by atoms with Gasteiger partial charge in [-0.1, -0.05) is 0 Å². The van der Waals surface area contributed by atoms with Crippen LogP contribution in [0.25, 0.3) is 0 Å². The summed E-state index contributed by atoms with van der Waals surface area (Å²) in [7, 11) is 0. The minimum absolute atomic E-state index is 0.0763. The van der Waals surface area contributed by atoms with Crippen LogP contribution in [-0.4, -0.2) is 97.6 Å². The second-order valence-electron chi connectivity index (χ2n) is 7.41. The highest BCUT2D eigenvalue weighted by Gasteiger charge is 2.54. The first-order valence-electron chi connectivity index (χ1n) is 10.1. The van der Waals surface area contributed by atoms with Gasteiger partial charge in [0.05, 0.1) is 5.69 Å². The molecule has 2 aliphatic heterocycles. The van der Waals surface area contributed by atoms with E-state index < -0.39 is 72.7 Å². The Bertz CT molecular complexity index is 1170. The highest BCUT2D eigenvalue weighted by atomic mass is 32.2. The molecule has 1 aromatic rings. The lowest BCUT2D eigenvalue weighted by Gasteiger charge is -2.49. The van der Waals surface area contributed by atoms with Crippen LogP contribution in [0.15, 0.2) is 16.7 Å². The topological polar surface area (TPSA) is 274 Å². The molecule has 19 heteroatoms. The number of hydrogen-bond donors (Lipinski definition) is 7. The first-order valence-corrected chi connectivity index (χ1v) is 12.0. The van der Waals surface area contributed by atoms with E-state index in [1.54, 1.807) is 0 Å². The summed E-state index contributed by atoms with van der Waals surface area (Å²) in [5.74, 6) is -4.49. The van der Waals surface area contributed by atoms with Gasteiger partial charge in [-0.05, 0) is 0 Å². The van der Waals surface area contributed by atoms with Crippen molar-refractivity contribution in [2.24, 2.45) is 11.5 Å². The third kappa shape index (κ3) is 6.25. The molecule has 1 fully saturated rings. The summed E-state index contributed by atoms with van der Waals surface area (Å²) in [6, 6.07) is -2.57. The van der Waals surface area contributed by atoms with E-state index in [0.717, 1.165) is 28.0 Å². The van der Waals surface area contributed by atoms with Crippen LogP contribution < -0.4 is 22.1 Å². The Hall–Kier alpha value is -3.94. The maximum atomic E-state index is 12.6. The molecule has 0 radical (unpaired) electrons. The van der Waals surface area contributed by atoms with Crippen molar-refractivity contribution >= 4 is 64.2 Å². The van der Waals surface area contributed by atoms with Crippen LogP contribution in [0.5, 0.6) is 0 Å². The fraction of sp³-hybridized carbons (Fsp3) is 0.389. The molecule has 3 rings (SSSR count). The fourth-order valence-corrected chi connectivity index (χ4v) is 5.19. The number of β-lactam (4-membered cyclic amide) rings is 1. The molecule has 9 N–H and O–H groups in total. The first kappa shape index (κ1) is 27.6. The number of thioether (sulfide) groups is 1. The van der Waals surface area contributed by atoms with Gasteiger partial charge in [0.1, 0.15) is 36.4 Å². The number of hydrogen-bond acceptors (Lipinski definition) is 13. The van der Waals surface area contributed by atoms with Gasteiger partial charge in [-0.25, -0.2) is 19.4 Å². The van der Waals surface area contributed by atoms with Crippen molar-refractivity contribution in [3.8, 4) is 0 Å². The number of amides is 4. The summed E-state index contributed by atoms with van der Waals surface area (Å²) in [5, 5.41) is 33.5. The van der Waals surface area contributed by atoms with Gasteiger partial charge in [0.15, 0.2) is 11.2 Å². The number of aliphatic carboxylic acids is 2. The number of nitrogens with one attached hydrogen (secondary N) is 2. The van der Waals surface area contributed by atoms with Crippen molar-refractivity contribution in [3.05, 3.63) is 22.3 Å². The molecule has 1 aromatic heterocycles. The average molecular weight is 561 g/mol. The van der Waals surface area contributed by atoms with Crippen molar-refractivity contribution in [3.63, 3.8) is 0 Å². The van der Waals surface area contributed by atoms with Crippen LogP contribution in [-0.2, 0) is 28.7 Å². The molecule has 0 saturated carbocycles. The minimum atomic E-state index is -1.84. The summed E-state index contributed by atoms with van der Waals surface area (Å²) >= 11 is 1.94. The Kier molecular flexibility index (Phi) is 8.53. The molecule has 0 bridgehead atoms. The number of ether oxygens (including phenoxy) is 2. The van der Waals surface area contributed by atoms with Crippen molar-refractivity contribution in [2.45, 2.75) is 23.6 Å². The molecule has 200 valence electrons. The van der Waals surface area contributed by atoms with E-state index in [1.807, 2.05) is 0 Å². The van der Waals surface area contributed by atoms with Gasteiger partial charge in [-0.15, -0.1) is 23.1 Å². The monoisotopic (exact) mass is 560 g/mol. The number of anilines is 1. The van der Waals surface area contributed by atoms with E-state index in [1.165, 1.54) is 5.38 Å². The lowest BCUT2D eigenvalue weighted by atomic mass is 10.0. The molecule has 0 spiro atoms. The maximum absolute atomic E-state index is 12.6. The van der Waals surface area contributed by atoms with Crippen LogP contribution >= 0.6 is 23.1 Å². The van der Waals surface area contributed by atoms with E-state index in [9.17, 15) is 39.0 Å². The fourth-order valence-electron chi connectivity index (χ4n) is 3.15. The number of aliphatic hydroxyl groups excluding tert-OH is 1. The molecule has 0 aliphatic carbocycles. The second-order valence-corrected chi connectivity index (χ2v) is 9.37. The predicted molar refractivity (Wildman–Crippen MR) is 123 cm³/mol. The third-order valence-electron chi connectivity index (χ3n) is 4.91. The molecule has 4 amide bonds. The highest BCUT2D eigenvalue weighted by Crippen LogP contribution is 2.40. The van der Waals surface area contributed by atoms with Crippen molar-refractivity contribution in [1.29, 1.82) is 0 Å². The van der Waals surface area contributed by atoms with Gasteiger partial charge in [-0.2, -0.15) is 0 Å². The average Bonchev–Trinajstić information content (AvgIpc) is 3.30. The van der Waals surface area contributed by atoms with Gasteiger partial charge in [0, 0.05) is 16.7 Å². The van der Waals surface area contributed by atoms with E-state index in [4.69, 9.17) is 16.6 Å². The summed E-state index contributed by atoms with van der Waals surface area (Å²) in [6.07, 6.45) is -4.01.